The first kappa shape index (κ1) is 12.8. The Morgan fingerprint density at radius 1 is 1.50 bits per heavy atom. The van der Waals surface area contributed by atoms with E-state index >= 15 is 0 Å². The van der Waals surface area contributed by atoms with Crippen molar-refractivity contribution in [3.8, 4) is 5.75 Å². The van der Waals surface area contributed by atoms with Crippen LogP contribution in [-0.4, -0.2) is 17.7 Å². The second kappa shape index (κ2) is 5.75. The van der Waals surface area contributed by atoms with Gasteiger partial charge in [0.25, 0.3) is 0 Å². The highest BCUT2D eigenvalue weighted by molar-refractivity contribution is 6.30. The van der Waals surface area contributed by atoms with Gasteiger partial charge in [0.15, 0.2) is 0 Å². The molecule has 0 aliphatic carbocycles. The zero-order valence-corrected chi connectivity index (χ0v) is 10.1. The normalized spacial score (nSPS) is 10.5. The number of rotatable bonds is 5. The lowest BCUT2D eigenvalue weighted by molar-refractivity contribution is -0.136. The predicted molar refractivity (Wildman–Crippen MR) is 63.1 cm³/mol. The van der Waals surface area contributed by atoms with Crippen LogP contribution in [0, 0.1) is 5.92 Å². The van der Waals surface area contributed by atoms with E-state index in [1.807, 2.05) is 13.8 Å². The minimum Gasteiger partial charge on any atom is -0.493 e. The number of carboxylic acid groups (broad SMARTS) is 1. The number of aliphatic carboxylic acids is 1. The standard InChI is InChI=1S/C12H15ClO3/c1-8(2)7-16-11-4-3-10(13)5-9(11)6-12(14)15/h3-5,8H,6-7H2,1-2H3,(H,14,15). The smallest absolute Gasteiger partial charge is 0.307 e. The van der Waals surface area contributed by atoms with Gasteiger partial charge in [-0.3, -0.25) is 4.79 Å². The van der Waals surface area contributed by atoms with Gasteiger partial charge in [0, 0.05) is 10.6 Å². The summed E-state index contributed by atoms with van der Waals surface area (Å²) in [5.74, 6) is 0.102. The maximum absolute atomic E-state index is 10.7. The summed E-state index contributed by atoms with van der Waals surface area (Å²) in [5, 5.41) is 9.28. The van der Waals surface area contributed by atoms with E-state index in [0.29, 0.717) is 28.9 Å². The first-order valence-electron chi connectivity index (χ1n) is 5.12. The molecule has 0 saturated carbocycles. The molecule has 1 N–H and O–H groups in total. The van der Waals surface area contributed by atoms with Crippen molar-refractivity contribution in [3.05, 3.63) is 28.8 Å². The number of hydrogen-bond donors (Lipinski definition) is 1. The highest BCUT2D eigenvalue weighted by atomic mass is 35.5. The van der Waals surface area contributed by atoms with Gasteiger partial charge in [0.2, 0.25) is 0 Å². The van der Waals surface area contributed by atoms with Crippen LogP contribution in [0.2, 0.25) is 5.02 Å². The molecular weight excluding hydrogens is 228 g/mol. The molecule has 0 radical (unpaired) electrons. The van der Waals surface area contributed by atoms with E-state index < -0.39 is 5.97 Å². The zero-order valence-electron chi connectivity index (χ0n) is 9.37. The van der Waals surface area contributed by atoms with Crippen molar-refractivity contribution in [2.24, 2.45) is 5.92 Å². The average Bonchev–Trinajstić information content (AvgIpc) is 2.15. The zero-order chi connectivity index (χ0) is 12.1. The highest BCUT2D eigenvalue weighted by Gasteiger charge is 2.09. The number of halogens is 1. The fourth-order valence-corrected chi connectivity index (χ4v) is 1.44. The van der Waals surface area contributed by atoms with Crippen molar-refractivity contribution in [3.63, 3.8) is 0 Å². The molecule has 0 amide bonds. The second-order valence-corrected chi connectivity index (χ2v) is 4.46. The summed E-state index contributed by atoms with van der Waals surface area (Å²) < 4.78 is 5.53. The van der Waals surface area contributed by atoms with E-state index in [9.17, 15) is 4.79 Å². The van der Waals surface area contributed by atoms with Crippen LogP contribution in [0.3, 0.4) is 0 Å². The highest BCUT2D eigenvalue weighted by Crippen LogP contribution is 2.24. The van der Waals surface area contributed by atoms with Crippen molar-refractivity contribution in [1.82, 2.24) is 0 Å². The predicted octanol–water partition coefficient (Wildman–Crippen LogP) is 3.00. The number of benzene rings is 1. The lowest BCUT2D eigenvalue weighted by atomic mass is 10.1. The Morgan fingerprint density at radius 2 is 2.19 bits per heavy atom. The largest absolute Gasteiger partial charge is 0.493 e. The van der Waals surface area contributed by atoms with Crippen LogP contribution in [-0.2, 0) is 11.2 Å². The van der Waals surface area contributed by atoms with E-state index in [-0.39, 0.29) is 6.42 Å². The molecule has 0 aliphatic heterocycles. The lowest BCUT2D eigenvalue weighted by Crippen LogP contribution is -2.08. The summed E-state index contributed by atoms with van der Waals surface area (Å²) >= 11 is 5.81. The first-order chi connectivity index (χ1) is 7.49. The molecule has 0 heterocycles. The fraction of sp³-hybridized carbons (Fsp3) is 0.417. The number of carboxylic acids is 1. The number of carbonyl (C=O) groups is 1. The van der Waals surface area contributed by atoms with Gasteiger partial charge in [-0.1, -0.05) is 25.4 Å². The molecule has 0 unspecified atom stereocenters. The van der Waals surface area contributed by atoms with Crippen LogP contribution < -0.4 is 4.74 Å². The van der Waals surface area contributed by atoms with Gasteiger partial charge >= 0.3 is 5.97 Å². The van der Waals surface area contributed by atoms with Gasteiger partial charge in [-0.15, -0.1) is 0 Å². The van der Waals surface area contributed by atoms with Gasteiger partial charge in [-0.05, 0) is 24.1 Å². The monoisotopic (exact) mass is 242 g/mol. The molecule has 4 heteroatoms. The summed E-state index contributed by atoms with van der Waals surface area (Å²) in [7, 11) is 0. The molecule has 1 aromatic carbocycles. The maximum Gasteiger partial charge on any atom is 0.307 e. The maximum atomic E-state index is 10.7. The van der Waals surface area contributed by atoms with E-state index in [4.69, 9.17) is 21.4 Å². The fourth-order valence-electron chi connectivity index (χ4n) is 1.25. The topological polar surface area (TPSA) is 46.5 Å². The van der Waals surface area contributed by atoms with Crippen molar-refractivity contribution in [2.45, 2.75) is 20.3 Å². The van der Waals surface area contributed by atoms with Crippen molar-refractivity contribution < 1.29 is 14.6 Å². The second-order valence-electron chi connectivity index (χ2n) is 4.03. The van der Waals surface area contributed by atoms with Gasteiger partial charge in [0.05, 0.1) is 13.0 Å². The van der Waals surface area contributed by atoms with Crippen LogP contribution in [0.4, 0.5) is 0 Å². The SMILES string of the molecule is CC(C)COc1ccc(Cl)cc1CC(=O)O. The Bertz CT molecular complexity index is 375. The molecule has 3 nitrogen and oxygen atoms in total. The Morgan fingerprint density at radius 3 is 2.75 bits per heavy atom. The van der Waals surface area contributed by atoms with Crippen LogP contribution in [0.25, 0.3) is 0 Å². The third-order valence-electron chi connectivity index (χ3n) is 1.94. The lowest BCUT2D eigenvalue weighted by Gasteiger charge is -2.12. The summed E-state index contributed by atoms with van der Waals surface area (Å²) in [6.07, 6.45) is -0.0754. The Labute approximate surface area is 100.0 Å². The molecule has 0 saturated heterocycles. The van der Waals surface area contributed by atoms with Gasteiger partial charge in [0.1, 0.15) is 5.75 Å². The summed E-state index contributed by atoms with van der Waals surface area (Å²) in [6.45, 7) is 4.63. The molecule has 1 aromatic rings. The van der Waals surface area contributed by atoms with E-state index in [1.54, 1.807) is 18.2 Å². The third-order valence-corrected chi connectivity index (χ3v) is 2.17. The average molecular weight is 243 g/mol. The van der Waals surface area contributed by atoms with Gasteiger partial charge in [-0.25, -0.2) is 0 Å². The number of hydrogen-bond acceptors (Lipinski definition) is 2. The summed E-state index contributed by atoms with van der Waals surface area (Å²) in [6, 6.07) is 5.04. The first-order valence-corrected chi connectivity index (χ1v) is 5.50. The van der Waals surface area contributed by atoms with E-state index in [0.717, 1.165) is 0 Å². The molecular formula is C12H15ClO3. The molecule has 1 rings (SSSR count). The Kier molecular flexibility index (Phi) is 4.62. The van der Waals surface area contributed by atoms with Crippen LogP contribution in [0.1, 0.15) is 19.4 Å². The quantitative estimate of drug-likeness (QED) is 0.864. The van der Waals surface area contributed by atoms with E-state index in [2.05, 4.69) is 0 Å². The van der Waals surface area contributed by atoms with Crippen LogP contribution in [0.15, 0.2) is 18.2 Å². The minimum atomic E-state index is -0.892. The third kappa shape index (κ3) is 4.11. The molecule has 0 atom stereocenters. The van der Waals surface area contributed by atoms with Crippen molar-refractivity contribution >= 4 is 17.6 Å². The van der Waals surface area contributed by atoms with Crippen molar-refractivity contribution in [1.29, 1.82) is 0 Å². The molecule has 0 spiro atoms. The molecule has 0 fully saturated rings. The van der Waals surface area contributed by atoms with Crippen molar-refractivity contribution in [2.75, 3.05) is 6.61 Å². The molecule has 0 aliphatic rings. The van der Waals surface area contributed by atoms with E-state index in [1.165, 1.54) is 0 Å². The molecule has 0 aromatic heterocycles. The molecule has 88 valence electrons. The minimum absolute atomic E-state index is 0.0754. The van der Waals surface area contributed by atoms with Gasteiger partial charge in [-0.2, -0.15) is 0 Å². The Balaban J connectivity index is 2.84. The molecule has 0 bridgehead atoms. The Hall–Kier alpha value is -1.22. The van der Waals surface area contributed by atoms with Crippen LogP contribution >= 0.6 is 11.6 Å². The van der Waals surface area contributed by atoms with Crippen LogP contribution in [0.5, 0.6) is 5.75 Å². The van der Waals surface area contributed by atoms with Gasteiger partial charge < -0.3 is 9.84 Å². The summed E-state index contributed by atoms with van der Waals surface area (Å²) in [4.78, 5) is 10.7. The molecule has 16 heavy (non-hydrogen) atoms. The number of ether oxygens (including phenoxy) is 1. The summed E-state index contributed by atoms with van der Waals surface area (Å²) in [5.41, 5.74) is 0.612.